The Balaban J connectivity index is 1.17. The van der Waals surface area contributed by atoms with E-state index in [4.69, 9.17) is 27.8 Å². The molecule has 1 aromatic heterocycles. The van der Waals surface area contributed by atoms with Crippen molar-refractivity contribution in [3.8, 4) is 0 Å². The van der Waals surface area contributed by atoms with Gasteiger partial charge in [0.15, 0.2) is 0 Å². The lowest BCUT2D eigenvalue weighted by molar-refractivity contribution is 0.107. The van der Waals surface area contributed by atoms with E-state index in [-0.39, 0.29) is 11.4 Å². The van der Waals surface area contributed by atoms with E-state index in [0.717, 1.165) is 57.5 Å². The van der Waals surface area contributed by atoms with Crippen LogP contribution in [0.15, 0.2) is 41.0 Å². The Morgan fingerprint density at radius 3 is 2.72 bits per heavy atom. The molecule has 0 bridgehead atoms. The Hall–Kier alpha value is -2.35. The van der Waals surface area contributed by atoms with Gasteiger partial charge in [0.2, 0.25) is 0 Å². The number of hydrogen-bond donors (Lipinski definition) is 1. The highest BCUT2D eigenvalue weighted by molar-refractivity contribution is 6.42. The first-order valence-electron chi connectivity index (χ1n) is 10.9. The molecule has 1 atom stereocenters. The fraction of sp³-hybridized carbons (Fsp3) is 0.435. The zero-order valence-corrected chi connectivity index (χ0v) is 19.2. The summed E-state index contributed by atoms with van der Waals surface area (Å²) in [5.41, 5.74) is 3.71. The summed E-state index contributed by atoms with van der Waals surface area (Å²) in [5.74, 6) is 0. The molecule has 0 radical (unpaired) electrons. The van der Waals surface area contributed by atoms with E-state index >= 15 is 0 Å². The molecule has 2 aliphatic rings. The van der Waals surface area contributed by atoms with Crippen LogP contribution < -0.4 is 5.32 Å². The second kappa shape index (κ2) is 8.89. The predicted molar refractivity (Wildman–Crippen MR) is 124 cm³/mol. The number of fused-ring (bicyclic) bond motifs is 1. The number of amides is 2. The number of hydrogen-bond acceptors (Lipinski definition) is 5. The van der Waals surface area contributed by atoms with Crippen molar-refractivity contribution < 1.29 is 9.42 Å². The van der Waals surface area contributed by atoms with Crippen LogP contribution >= 0.6 is 23.2 Å². The van der Waals surface area contributed by atoms with Gasteiger partial charge in [0.05, 0.1) is 10.0 Å². The normalized spacial score (nSPS) is 21.5. The molecule has 3 aromatic rings. The molecule has 0 saturated carbocycles. The minimum atomic E-state index is -0.00890. The molecular weight excluding hydrogens is 449 g/mol. The minimum absolute atomic E-state index is 0.00890. The van der Waals surface area contributed by atoms with Gasteiger partial charge in [-0.25, -0.2) is 9.42 Å². The Kier molecular flexibility index (Phi) is 5.97. The van der Waals surface area contributed by atoms with E-state index in [1.54, 1.807) is 0 Å². The van der Waals surface area contributed by atoms with Crippen LogP contribution in [0, 0.1) is 5.41 Å². The van der Waals surface area contributed by atoms with Crippen molar-refractivity contribution in [1.29, 1.82) is 0 Å². The van der Waals surface area contributed by atoms with Crippen molar-refractivity contribution in [2.75, 3.05) is 26.2 Å². The molecule has 7 nitrogen and oxygen atoms in total. The van der Waals surface area contributed by atoms with Crippen molar-refractivity contribution in [2.45, 2.75) is 32.4 Å². The van der Waals surface area contributed by atoms with Crippen LogP contribution in [0.25, 0.3) is 11.0 Å². The molecule has 3 heterocycles. The molecule has 9 heteroatoms. The number of nitrogens with one attached hydrogen (secondary N) is 1. The number of aromatic nitrogens is 2. The molecular formula is C23H25Cl2N5O2. The summed E-state index contributed by atoms with van der Waals surface area (Å²) in [4.78, 5) is 17.3. The monoisotopic (exact) mass is 473 g/mol. The van der Waals surface area contributed by atoms with Gasteiger partial charge in [0, 0.05) is 38.1 Å². The molecule has 2 aliphatic heterocycles. The molecule has 2 fully saturated rings. The van der Waals surface area contributed by atoms with Crippen LogP contribution in [0.5, 0.6) is 0 Å². The van der Waals surface area contributed by atoms with Gasteiger partial charge in [0.1, 0.15) is 11.0 Å². The van der Waals surface area contributed by atoms with E-state index in [1.807, 2.05) is 41.3 Å². The fourth-order valence-electron chi connectivity index (χ4n) is 5.00. The third-order valence-electron chi connectivity index (χ3n) is 6.62. The fourth-order valence-corrected chi connectivity index (χ4v) is 5.32. The second-order valence-electron chi connectivity index (χ2n) is 8.98. The van der Waals surface area contributed by atoms with Crippen LogP contribution in [-0.2, 0) is 13.1 Å². The number of nitrogens with zero attached hydrogens (tertiary/aromatic N) is 4. The lowest BCUT2D eigenvalue weighted by atomic mass is 9.79. The summed E-state index contributed by atoms with van der Waals surface area (Å²) < 4.78 is 4.74. The van der Waals surface area contributed by atoms with Gasteiger partial charge in [-0.3, -0.25) is 4.90 Å². The molecule has 1 N–H and O–H groups in total. The van der Waals surface area contributed by atoms with E-state index < -0.39 is 0 Å². The van der Waals surface area contributed by atoms with Crippen LogP contribution in [0.4, 0.5) is 4.79 Å². The standard InChI is InChI=1S/C23H25Cl2N5O2/c24-18-4-2-17(10-19(18)25)13-29-9-7-23(14-29)6-1-8-30(15-23)22(31)26-12-16-3-5-20-21(11-16)28-32-27-20/h2-5,10-11H,1,6-9,12-15H2,(H,26,31). The zero-order valence-electron chi connectivity index (χ0n) is 17.7. The van der Waals surface area contributed by atoms with Gasteiger partial charge in [0.25, 0.3) is 0 Å². The predicted octanol–water partition coefficient (Wildman–Crippen LogP) is 4.73. The largest absolute Gasteiger partial charge is 0.334 e. The summed E-state index contributed by atoms with van der Waals surface area (Å²) in [5, 5.41) is 11.9. The van der Waals surface area contributed by atoms with Gasteiger partial charge in [-0.05, 0) is 71.5 Å². The molecule has 2 amide bonds. The highest BCUT2D eigenvalue weighted by Crippen LogP contribution is 2.39. The van der Waals surface area contributed by atoms with Crippen molar-refractivity contribution in [1.82, 2.24) is 25.4 Å². The lowest BCUT2D eigenvalue weighted by Crippen LogP contribution is -2.50. The molecule has 1 unspecified atom stereocenters. The van der Waals surface area contributed by atoms with E-state index in [1.165, 1.54) is 5.56 Å². The van der Waals surface area contributed by atoms with Crippen molar-refractivity contribution in [2.24, 2.45) is 5.41 Å². The third-order valence-corrected chi connectivity index (χ3v) is 7.36. The molecule has 168 valence electrons. The average molecular weight is 474 g/mol. The highest BCUT2D eigenvalue weighted by atomic mass is 35.5. The van der Waals surface area contributed by atoms with Crippen LogP contribution in [0.1, 0.15) is 30.4 Å². The molecule has 0 aliphatic carbocycles. The maximum absolute atomic E-state index is 12.9. The lowest BCUT2D eigenvalue weighted by Gasteiger charge is -2.40. The third kappa shape index (κ3) is 4.56. The van der Waals surface area contributed by atoms with Crippen molar-refractivity contribution >= 4 is 40.3 Å². The Labute approximate surface area is 196 Å². The maximum Gasteiger partial charge on any atom is 0.317 e. The topological polar surface area (TPSA) is 74.5 Å². The first kappa shape index (κ1) is 21.5. The second-order valence-corrected chi connectivity index (χ2v) is 9.79. The number of urea groups is 1. The number of carbonyl (C=O) groups is 1. The summed E-state index contributed by atoms with van der Waals surface area (Å²) in [6, 6.07) is 11.5. The zero-order chi connectivity index (χ0) is 22.1. The van der Waals surface area contributed by atoms with E-state index in [9.17, 15) is 4.79 Å². The van der Waals surface area contributed by atoms with Gasteiger partial charge in [-0.1, -0.05) is 35.3 Å². The number of piperidine rings is 1. The van der Waals surface area contributed by atoms with E-state index in [2.05, 4.69) is 20.5 Å². The molecule has 2 aromatic carbocycles. The van der Waals surface area contributed by atoms with Crippen molar-refractivity contribution in [3.63, 3.8) is 0 Å². The van der Waals surface area contributed by atoms with Gasteiger partial charge >= 0.3 is 6.03 Å². The van der Waals surface area contributed by atoms with Crippen LogP contribution in [0.3, 0.4) is 0 Å². The Morgan fingerprint density at radius 2 is 1.84 bits per heavy atom. The summed E-state index contributed by atoms with van der Waals surface area (Å²) in [6.45, 7) is 4.92. The molecule has 2 saturated heterocycles. The number of benzene rings is 2. The summed E-state index contributed by atoms with van der Waals surface area (Å²) >= 11 is 12.2. The minimum Gasteiger partial charge on any atom is -0.334 e. The molecule has 1 spiro atoms. The molecule has 32 heavy (non-hydrogen) atoms. The van der Waals surface area contributed by atoms with Gasteiger partial charge in [-0.2, -0.15) is 0 Å². The SMILES string of the molecule is O=C(NCc1ccc2nonc2c1)N1CCCC2(CCN(Cc3ccc(Cl)c(Cl)c3)C2)C1. The average Bonchev–Trinajstić information content (AvgIpc) is 3.41. The highest BCUT2D eigenvalue weighted by Gasteiger charge is 2.42. The Morgan fingerprint density at radius 1 is 1.00 bits per heavy atom. The molecule has 5 rings (SSSR count). The quantitative estimate of drug-likeness (QED) is 0.592. The Bertz CT molecular complexity index is 1140. The number of carbonyl (C=O) groups excluding carboxylic acids is 1. The number of likely N-dealkylation sites (tertiary alicyclic amines) is 2. The maximum atomic E-state index is 12.9. The van der Waals surface area contributed by atoms with Crippen molar-refractivity contribution in [3.05, 3.63) is 57.6 Å². The first-order chi connectivity index (χ1) is 15.5. The smallest absolute Gasteiger partial charge is 0.317 e. The first-order valence-corrected chi connectivity index (χ1v) is 11.7. The van der Waals surface area contributed by atoms with Gasteiger partial charge in [-0.15, -0.1) is 0 Å². The summed E-state index contributed by atoms with van der Waals surface area (Å²) in [7, 11) is 0. The van der Waals surface area contributed by atoms with E-state index in [0.29, 0.717) is 27.6 Å². The van der Waals surface area contributed by atoms with Crippen LogP contribution in [0.2, 0.25) is 10.0 Å². The summed E-state index contributed by atoms with van der Waals surface area (Å²) in [6.07, 6.45) is 3.29. The number of rotatable bonds is 4. The van der Waals surface area contributed by atoms with Gasteiger partial charge < -0.3 is 10.2 Å². The van der Waals surface area contributed by atoms with Crippen LogP contribution in [-0.4, -0.2) is 52.3 Å². The number of halogens is 2.